The number of rotatable bonds is 5. The van der Waals surface area contributed by atoms with Gasteiger partial charge in [-0.25, -0.2) is 4.68 Å². The summed E-state index contributed by atoms with van der Waals surface area (Å²) in [5, 5.41) is 18.2. The molecular formula is C19H29N3O3. The number of aromatic nitrogens is 2. The number of aliphatic hydroxyl groups is 1. The van der Waals surface area contributed by atoms with Crippen LogP contribution in [0.1, 0.15) is 56.3 Å². The monoisotopic (exact) mass is 347 g/mol. The first-order valence-electron chi connectivity index (χ1n) is 9.52. The van der Waals surface area contributed by atoms with Crippen LogP contribution in [0.4, 0.5) is 0 Å². The maximum Gasteiger partial charge on any atom is 0.258 e. The predicted octanol–water partition coefficient (Wildman–Crippen LogP) is 2.12. The molecule has 2 atom stereocenters. The van der Waals surface area contributed by atoms with Crippen molar-refractivity contribution in [2.45, 2.75) is 57.6 Å². The van der Waals surface area contributed by atoms with Crippen molar-refractivity contribution in [3.8, 4) is 5.88 Å². The van der Waals surface area contributed by atoms with Gasteiger partial charge in [-0.15, -0.1) is 0 Å². The summed E-state index contributed by atoms with van der Waals surface area (Å²) in [6.45, 7) is 4.72. The molecule has 0 spiro atoms. The third-order valence-electron chi connectivity index (χ3n) is 6.22. The number of hydrogen-bond acceptors (Lipinski definition) is 4. The van der Waals surface area contributed by atoms with E-state index in [2.05, 4.69) is 24.3 Å². The van der Waals surface area contributed by atoms with Crippen molar-refractivity contribution in [2.75, 3.05) is 6.61 Å². The Morgan fingerprint density at radius 3 is 2.68 bits per heavy atom. The Labute approximate surface area is 148 Å². The fourth-order valence-electron chi connectivity index (χ4n) is 5.45. The number of carbonyl (C=O) groups is 1. The van der Waals surface area contributed by atoms with E-state index in [0.717, 1.165) is 32.1 Å². The highest BCUT2D eigenvalue weighted by atomic mass is 16.5. The van der Waals surface area contributed by atoms with Crippen molar-refractivity contribution >= 4 is 5.91 Å². The molecule has 1 heterocycles. The molecule has 5 rings (SSSR count). The lowest BCUT2D eigenvalue weighted by Crippen LogP contribution is -2.61. The molecule has 25 heavy (non-hydrogen) atoms. The van der Waals surface area contributed by atoms with E-state index in [1.165, 1.54) is 0 Å². The molecule has 4 bridgehead atoms. The number of hydrogen-bond donors (Lipinski definition) is 2. The molecule has 4 saturated carbocycles. The highest BCUT2D eigenvalue weighted by Crippen LogP contribution is 2.55. The van der Waals surface area contributed by atoms with Crippen LogP contribution in [0.5, 0.6) is 5.88 Å². The molecular weight excluding hydrogens is 318 g/mol. The molecule has 0 aromatic carbocycles. The fraction of sp³-hybridized carbons (Fsp3) is 0.789. The topological polar surface area (TPSA) is 76.4 Å². The molecule has 1 aromatic rings. The number of nitrogens with one attached hydrogen (secondary N) is 1. The summed E-state index contributed by atoms with van der Waals surface area (Å²) in [6, 6.07) is 0.169. The van der Waals surface area contributed by atoms with Crippen molar-refractivity contribution in [2.24, 2.45) is 30.7 Å². The van der Waals surface area contributed by atoms with Gasteiger partial charge < -0.3 is 15.2 Å². The normalized spacial score (nSPS) is 36.0. The Kier molecular flexibility index (Phi) is 4.06. The molecule has 6 nitrogen and oxygen atoms in total. The molecule has 0 radical (unpaired) electrons. The third-order valence-corrected chi connectivity index (χ3v) is 6.22. The summed E-state index contributed by atoms with van der Waals surface area (Å²) in [7, 11) is 1.80. The van der Waals surface area contributed by atoms with E-state index in [9.17, 15) is 9.90 Å². The Bertz CT molecular complexity index is 653. The third kappa shape index (κ3) is 3.05. The van der Waals surface area contributed by atoms with Crippen LogP contribution >= 0.6 is 0 Å². The highest BCUT2D eigenvalue weighted by molar-refractivity contribution is 5.96. The summed E-state index contributed by atoms with van der Waals surface area (Å²) in [4.78, 5) is 12.9. The number of amides is 1. The first-order chi connectivity index (χ1) is 11.8. The summed E-state index contributed by atoms with van der Waals surface area (Å²) < 4.78 is 7.44. The smallest absolute Gasteiger partial charge is 0.258 e. The van der Waals surface area contributed by atoms with E-state index in [0.29, 0.717) is 41.7 Å². The van der Waals surface area contributed by atoms with E-state index >= 15 is 0 Å². The standard InChI is InChI=1S/C19H29N3O3/c1-11(2)10-25-18-15(9-20-22(18)3)17(23)21-16-13-4-12-5-14(16)8-19(24,6-12)7-13/h9,11-14,16,24H,4-8,10H2,1-3H3,(H,21,23)/t12?,13?,14?,16-,19-. The zero-order chi connectivity index (χ0) is 17.8. The number of aryl methyl sites for hydroxylation is 1. The van der Waals surface area contributed by atoms with Gasteiger partial charge in [-0.1, -0.05) is 13.8 Å². The summed E-state index contributed by atoms with van der Waals surface area (Å²) in [5.74, 6) is 2.26. The molecule has 4 fully saturated rings. The van der Waals surface area contributed by atoms with Gasteiger partial charge in [0.15, 0.2) is 0 Å². The molecule has 4 aliphatic carbocycles. The minimum atomic E-state index is -0.475. The van der Waals surface area contributed by atoms with Crippen LogP contribution in [0.2, 0.25) is 0 Å². The van der Waals surface area contributed by atoms with Crippen molar-refractivity contribution < 1.29 is 14.6 Å². The predicted molar refractivity (Wildman–Crippen MR) is 93.3 cm³/mol. The Morgan fingerprint density at radius 1 is 1.40 bits per heavy atom. The van der Waals surface area contributed by atoms with Gasteiger partial charge in [0.25, 0.3) is 5.91 Å². The average molecular weight is 347 g/mol. The van der Waals surface area contributed by atoms with Gasteiger partial charge in [-0.3, -0.25) is 4.79 Å². The highest BCUT2D eigenvalue weighted by Gasteiger charge is 2.55. The molecule has 1 aromatic heterocycles. The van der Waals surface area contributed by atoms with Crippen LogP contribution in [0.25, 0.3) is 0 Å². The maximum absolute atomic E-state index is 12.9. The number of nitrogens with zero attached hydrogens (tertiary/aromatic N) is 2. The van der Waals surface area contributed by atoms with E-state index in [1.54, 1.807) is 17.9 Å². The first-order valence-corrected chi connectivity index (χ1v) is 9.52. The van der Waals surface area contributed by atoms with Crippen LogP contribution in [0.15, 0.2) is 6.20 Å². The largest absolute Gasteiger partial charge is 0.477 e. The lowest BCUT2D eigenvalue weighted by molar-refractivity contribution is -0.136. The minimum Gasteiger partial charge on any atom is -0.477 e. The van der Waals surface area contributed by atoms with E-state index in [-0.39, 0.29) is 11.9 Å². The molecule has 0 saturated heterocycles. The fourth-order valence-corrected chi connectivity index (χ4v) is 5.45. The van der Waals surface area contributed by atoms with Crippen molar-refractivity contribution in [3.63, 3.8) is 0 Å². The van der Waals surface area contributed by atoms with Crippen LogP contribution in [0, 0.1) is 23.7 Å². The second-order valence-corrected chi connectivity index (χ2v) is 8.89. The lowest BCUT2D eigenvalue weighted by atomic mass is 9.52. The molecule has 4 aliphatic rings. The Morgan fingerprint density at radius 2 is 2.08 bits per heavy atom. The minimum absolute atomic E-state index is 0.101. The second-order valence-electron chi connectivity index (χ2n) is 8.89. The second kappa shape index (κ2) is 6.01. The Hall–Kier alpha value is -1.56. The van der Waals surface area contributed by atoms with Gasteiger partial charge in [-0.2, -0.15) is 5.10 Å². The van der Waals surface area contributed by atoms with Gasteiger partial charge in [0.05, 0.1) is 18.4 Å². The van der Waals surface area contributed by atoms with Crippen molar-refractivity contribution in [1.29, 1.82) is 0 Å². The van der Waals surface area contributed by atoms with Crippen molar-refractivity contribution in [3.05, 3.63) is 11.8 Å². The maximum atomic E-state index is 12.9. The van der Waals surface area contributed by atoms with Gasteiger partial charge in [0.2, 0.25) is 5.88 Å². The van der Waals surface area contributed by atoms with Crippen LogP contribution in [0.3, 0.4) is 0 Å². The molecule has 2 N–H and O–H groups in total. The van der Waals surface area contributed by atoms with Crippen LogP contribution in [-0.4, -0.2) is 39.0 Å². The Balaban J connectivity index is 1.48. The van der Waals surface area contributed by atoms with Crippen LogP contribution in [-0.2, 0) is 7.05 Å². The van der Waals surface area contributed by atoms with Gasteiger partial charge in [0, 0.05) is 13.1 Å². The van der Waals surface area contributed by atoms with Crippen molar-refractivity contribution in [1.82, 2.24) is 15.1 Å². The SMILES string of the molecule is CC(C)COc1c(C(=O)N[C@H]2C3CC4CC2C[C@](O)(C4)C3)cnn1C. The van der Waals surface area contributed by atoms with E-state index in [4.69, 9.17) is 4.74 Å². The summed E-state index contributed by atoms with van der Waals surface area (Å²) in [6.07, 6.45) is 6.47. The molecule has 6 heteroatoms. The first kappa shape index (κ1) is 16.9. The van der Waals surface area contributed by atoms with Gasteiger partial charge in [-0.05, 0) is 55.8 Å². The van der Waals surface area contributed by atoms with E-state index in [1.807, 2.05) is 0 Å². The van der Waals surface area contributed by atoms with Crippen LogP contribution < -0.4 is 10.1 Å². The zero-order valence-electron chi connectivity index (χ0n) is 15.4. The molecule has 0 aliphatic heterocycles. The quantitative estimate of drug-likeness (QED) is 0.855. The van der Waals surface area contributed by atoms with Gasteiger partial charge >= 0.3 is 0 Å². The molecule has 138 valence electrons. The lowest BCUT2D eigenvalue weighted by Gasteiger charge is -2.58. The summed E-state index contributed by atoms with van der Waals surface area (Å²) >= 11 is 0. The number of carbonyl (C=O) groups excluding carboxylic acids is 1. The summed E-state index contributed by atoms with van der Waals surface area (Å²) in [5.41, 5.74) is 0.0352. The molecule has 1 amide bonds. The molecule has 2 unspecified atom stereocenters. The van der Waals surface area contributed by atoms with Gasteiger partial charge in [0.1, 0.15) is 5.56 Å². The number of ether oxygens (including phenoxy) is 1. The van der Waals surface area contributed by atoms with E-state index < -0.39 is 5.60 Å². The average Bonchev–Trinajstić information content (AvgIpc) is 2.88. The zero-order valence-corrected chi connectivity index (χ0v) is 15.4.